The van der Waals surface area contributed by atoms with Crippen molar-refractivity contribution in [3.63, 3.8) is 0 Å². The summed E-state index contributed by atoms with van der Waals surface area (Å²) in [6.07, 6.45) is 0.797. The molecule has 2 unspecified atom stereocenters. The van der Waals surface area contributed by atoms with Crippen molar-refractivity contribution in [3.05, 3.63) is 47.6 Å². The van der Waals surface area contributed by atoms with Crippen LogP contribution in [0.1, 0.15) is 43.1 Å². The van der Waals surface area contributed by atoms with E-state index in [1.165, 1.54) is 5.56 Å². The van der Waals surface area contributed by atoms with E-state index in [4.69, 9.17) is 4.52 Å². The maximum Gasteiger partial charge on any atom is 0.231 e. The SMILES string of the molecule is CCc1noc(C(C)C(NC)c2ccccc2)n1. The predicted octanol–water partition coefficient (Wildman–Crippen LogP) is 2.70. The Balaban J connectivity index is 2.22. The lowest BCUT2D eigenvalue weighted by atomic mass is 9.94. The summed E-state index contributed by atoms with van der Waals surface area (Å²) < 4.78 is 5.32. The topological polar surface area (TPSA) is 51.0 Å². The molecule has 0 saturated heterocycles. The van der Waals surface area contributed by atoms with Gasteiger partial charge in [-0.05, 0) is 12.6 Å². The zero-order chi connectivity index (χ0) is 13.0. The zero-order valence-electron chi connectivity index (χ0n) is 11.1. The normalized spacial score (nSPS) is 14.4. The lowest BCUT2D eigenvalue weighted by Crippen LogP contribution is -2.22. The monoisotopic (exact) mass is 245 g/mol. The lowest BCUT2D eigenvalue weighted by Gasteiger charge is -2.21. The van der Waals surface area contributed by atoms with Crippen LogP contribution in [0.4, 0.5) is 0 Å². The molecule has 96 valence electrons. The lowest BCUT2D eigenvalue weighted by molar-refractivity contribution is 0.329. The van der Waals surface area contributed by atoms with E-state index in [-0.39, 0.29) is 12.0 Å². The third kappa shape index (κ3) is 2.59. The van der Waals surface area contributed by atoms with E-state index in [1.807, 2.05) is 32.2 Å². The van der Waals surface area contributed by atoms with Crippen LogP contribution in [0.15, 0.2) is 34.9 Å². The van der Waals surface area contributed by atoms with Crippen molar-refractivity contribution in [1.29, 1.82) is 0 Å². The number of likely N-dealkylation sites (N-methyl/N-ethyl adjacent to an activating group) is 1. The van der Waals surface area contributed by atoms with Crippen molar-refractivity contribution < 1.29 is 4.52 Å². The molecule has 1 heterocycles. The molecule has 0 amide bonds. The molecule has 2 aromatic rings. The second-order valence-electron chi connectivity index (χ2n) is 4.37. The van der Waals surface area contributed by atoms with E-state index in [9.17, 15) is 0 Å². The average Bonchev–Trinajstić information content (AvgIpc) is 2.89. The van der Waals surface area contributed by atoms with Crippen LogP contribution in [-0.2, 0) is 6.42 Å². The molecule has 4 heteroatoms. The Morgan fingerprint density at radius 1 is 1.28 bits per heavy atom. The molecular formula is C14H19N3O. The third-order valence-corrected chi connectivity index (χ3v) is 3.16. The molecule has 0 spiro atoms. The van der Waals surface area contributed by atoms with Crippen molar-refractivity contribution >= 4 is 0 Å². The number of nitrogens with zero attached hydrogens (tertiary/aromatic N) is 2. The highest BCUT2D eigenvalue weighted by molar-refractivity contribution is 5.21. The maximum absolute atomic E-state index is 5.32. The third-order valence-electron chi connectivity index (χ3n) is 3.16. The summed E-state index contributed by atoms with van der Waals surface area (Å²) in [5.41, 5.74) is 1.23. The molecular weight excluding hydrogens is 226 g/mol. The van der Waals surface area contributed by atoms with Crippen LogP contribution in [0.25, 0.3) is 0 Å². The first-order valence-corrected chi connectivity index (χ1v) is 6.31. The number of hydrogen-bond acceptors (Lipinski definition) is 4. The highest BCUT2D eigenvalue weighted by Gasteiger charge is 2.24. The van der Waals surface area contributed by atoms with E-state index in [0.717, 1.165) is 12.2 Å². The van der Waals surface area contributed by atoms with Gasteiger partial charge in [-0.15, -0.1) is 0 Å². The molecule has 0 fully saturated rings. The number of rotatable bonds is 5. The first-order valence-electron chi connectivity index (χ1n) is 6.31. The van der Waals surface area contributed by atoms with Crippen LogP contribution >= 0.6 is 0 Å². The Labute approximate surface area is 107 Å². The molecule has 18 heavy (non-hydrogen) atoms. The molecule has 1 aromatic carbocycles. The number of benzene rings is 1. The van der Waals surface area contributed by atoms with Gasteiger partial charge in [-0.2, -0.15) is 4.98 Å². The Morgan fingerprint density at radius 2 is 2.00 bits per heavy atom. The molecule has 0 bridgehead atoms. The summed E-state index contributed by atoms with van der Waals surface area (Å²) in [7, 11) is 1.95. The fraction of sp³-hybridized carbons (Fsp3) is 0.429. The molecule has 2 rings (SSSR count). The molecule has 4 nitrogen and oxygen atoms in total. The molecule has 0 aliphatic heterocycles. The van der Waals surface area contributed by atoms with Crippen LogP contribution in [0, 0.1) is 0 Å². The summed E-state index contributed by atoms with van der Waals surface area (Å²) in [5.74, 6) is 1.60. The van der Waals surface area contributed by atoms with Crippen LogP contribution in [0.5, 0.6) is 0 Å². The van der Waals surface area contributed by atoms with Crippen LogP contribution in [-0.4, -0.2) is 17.2 Å². The van der Waals surface area contributed by atoms with Crippen molar-refractivity contribution in [2.45, 2.75) is 32.2 Å². The molecule has 1 aromatic heterocycles. The van der Waals surface area contributed by atoms with Gasteiger partial charge in [0, 0.05) is 12.5 Å². The smallest absolute Gasteiger partial charge is 0.231 e. The summed E-state index contributed by atoms with van der Waals surface area (Å²) in [6.45, 7) is 4.12. The number of hydrogen-bond donors (Lipinski definition) is 1. The van der Waals surface area contributed by atoms with Crippen LogP contribution in [0.2, 0.25) is 0 Å². The number of aromatic nitrogens is 2. The highest BCUT2D eigenvalue weighted by Crippen LogP contribution is 2.29. The first kappa shape index (κ1) is 12.8. The van der Waals surface area contributed by atoms with E-state index in [2.05, 4.69) is 34.5 Å². The molecule has 0 saturated carbocycles. The second-order valence-corrected chi connectivity index (χ2v) is 4.37. The van der Waals surface area contributed by atoms with Gasteiger partial charge < -0.3 is 9.84 Å². The minimum absolute atomic E-state index is 0.144. The Hall–Kier alpha value is -1.68. The second kappa shape index (κ2) is 5.78. The van der Waals surface area contributed by atoms with Gasteiger partial charge in [-0.3, -0.25) is 0 Å². The predicted molar refractivity (Wildman–Crippen MR) is 70.3 cm³/mol. The quantitative estimate of drug-likeness (QED) is 0.880. The summed E-state index contributed by atoms with van der Waals surface area (Å²) in [5, 5.41) is 7.27. The molecule has 2 atom stereocenters. The molecule has 0 aliphatic carbocycles. The van der Waals surface area contributed by atoms with E-state index < -0.39 is 0 Å². The van der Waals surface area contributed by atoms with Crippen molar-refractivity contribution in [1.82, 2.24) is 15.5 Å². The standard InChI is InChI=1S/C14H19N3O/c1-4-12-16-14(18-17-12)10(2)13(15-3)11-8-6-5-7-9-11/h5-10,13,15H,4H2,1-3H3. The van der Waals surface area contributed by atoms with Crippen molar-refractivity contribution in [3.8, 4) is 0 Å². The zero-order valence-corrected chi connectivity index (χ0v) is 11.1. The van der Waals surface area contributed by atoms with E-state index >= 15 is 0 Å². The van der Waals surface area contributed by atoms with Crippen LogP contribution in [0.3, 0.4) is 0 Å². The number of aryl methyl sites for hydroxylation is 1. The minimum Gasteiger partial charge on any atom is -0.339 e. The Morgan fingerprint density at radius 3 is 2.56 bits per heavy atom. The molecule has 0 aliphatic rings. The first-order chi connectivity index (χ1) is 8.76. The fourth-order valence-corrected chi connectivity index (χ4v) is 2.10. The highest BCUT2D eigenvalue weighted by atomic mass is 16.5. The molecule has 1 N–H and O–H groups in total. The average molecular weight is 245 g/mol. The summed E-state index contributed by atoms with van der Waals surface area (Å²) in [4.78, 5) is 4.41. The molecule has 0 radical (unpaired) electrons. The van der Waals surface area contributed by atoms with E-state index in [0.29, 0.717) is 5.89 Å². The minimum atomic E-state index is 0.144. The van der Waals surface area contributed by atoms with Gasteiger partial charge in [-0.25, -0.2) is 0 Å². The number of nitrogens with one attached hydrogen (secondary N) is 1. The van der Waals surface area contributed by atoms with Gasteiger partial charge in [0.2, 0.25) is 5.89 Å². The van der Waals surface area contributed by atoms with Gasteiger partial charge in [-0.1, -0.05) is 49.3 Å². The van der Waals surface area contributed by atoms with Gasteiger partial charge in [0.1, 0.15) is 0 Å². The fourth-order valence-electron chi connectivity index (χ4n) is 2.10. The summed E-state index contributed by atoms with van der Waals surface area (Å²) in [6, 6.07) is 10.5. The van der Waals surface area contributed by atoms with Gasteiger partial charge in [0.25, 0.3) is 0 Å². The van der Waals surface area contributed by atoms with E-state index in [1.54, 1.807) is 0 Å². The largest absolute Gasteiger partial charge is 0.339 e. The summed E-state index contributed by atoms with van der Waals surface area (Å²) >= 11 is 0. The van der Waals surface area contributed by atoms with Crippen LogP contribution < -0.4 is 5.32 Å². The van der Waals surface area contributed by atoms with Gasteiger partial charge in [0.05, 0.1) is 5.92 Å². The Bertz CT molecular complexity index is 481. The van der Waals surface area contributed by atoms with Gasteiger partial charge >= 0.3 is 0 Å². The maximum atomic E-state index is 5.32. The Kier molecular flexibility index (Phi) is 4.10. The van der Waals surface area contributed by atoms with Crippen molar-refractivity contribution in [2.75, 3.05) is 7.05 Å². The van der Waals surface area contributed by atoms with Gasteiger partial charge in [0.15, 0.2) is 5.82 Å². The van der Waals surface area contributed by atoms with Crippen molar-refractivity contribution in [2.24, 2.45) is 0 Å².